The Balaban J connectivity index is 2.13. The molecule has 1 aliphatic rings. The molecule has 2 rings (SSSR count). The maximum absolute atomic E-state index is 11.3. The molecule has 1 aliphatic carbocycles. The van der Waals surface area contributed by atoms with Crippen LogP contribution < -0.4 is 4.74 Å². The van der Waals surface area contributed by atoms with Gasteiger partial charge in [-0.1, -0.05) is 24.3 Å². The van der Waals surface area contributed by atoms with E-state index in [-0.39, 0.29) is 12.0 Å². The first-order chi connectivity index (χ1) is 9.99. The van der Waals surface area contributed by atoms with Crippen LogP contribution in [0.5, 0.6) is 5.75 Å². The molecule has 0 saturated heterocycles. The Kier molecular flexibility index (Phi) is 5.02. The van der Waals surface area contributed by atoms with Crippen molar-refractivity contribution in [3.05, 3.63) is 42.0 Å². The molecule has 4 heteroatoms. The lowest BCUT2D eigenvalue weighted by atomic mass is 9.77. The molecule has 1 aromatic rings. The van der Waals surface area contributed by atoms with Crippen molar-refractivity contribution < 1.29 is 19.7 Å². The van der Waals surface area contributed by atoms with Gasteiger partial charge in [-0.05, 0) is 44.4 Å². The number of allylic oxidation sites excluding steroid dienone is 2. The van der Waals surface area contributed by atoms with Gasteiger partial charge in [0.2, 0.25) is 0 Å². The topological polar surface area (TPSA) is 66.8 Å². The van der Waals surface area contributed by atoms with Crippen LogP contribution in [0.4, 0.5) is 0 Å². The summed E-state index contributed by atoms with van der Waals surface area (Å²) in [5.74, 6) is -0.914. The van der Waals surface area contributed by atoms with Gasteiger partial charge < -0.3 is 14.9 Å². The summed E-state index contributed by atoms with van der Waals surface area (Å²) in [7, 11) is 0. The van der Waals surface area contributed by atoms with Crippen LogP contribution in [-0.2, 0) is 4.79 Å². The minimum atomic E-state index is -0.844. The molecular formula is C17H22O4. The normalized spacial score (nSPS) is 23.0. The molecule has 0 heterocycles. The van der Waals surface area contributed by atoms with E-state index in [9.17, 15) is 15.0 Å². The molecule has 3 atom stereocenters. The number of hydrogen-bond donors (Lipinski definition) is 2. The minimum Gasteiger partial charge on any atom is -0.491 e. The summed E-state index contributed by atoms with van der Waals surface area (Å²) < 4.78 is 5.57. The first-order valence-electron chi connectivity index (χ1n) is 7.31. The number of rotatable bonds is 5. The fourth-order valence-electron chi connectivity index (χ4n) is 2.73. The van der Waals surface area contributed by atoms with Crippen molar-refractivity contribution >= 4 is 5.97 Å². The largest absolute Gasteiger partial charge is 0.491 e. The standard InChI is InChI=1S/C17H22O4/c1-11(2)21-13-9-7-12(8-10-13)16(18)14-5-3-4-6-15(14)17(19)20/h3-4,7-11,14-16,18H,5-6H2,1-2H3,(H,19,20). The van der Waals surface area contributed by atoms with Crippen molar-refractivity contribution in [2.75, 3.05) is 0 Å². The van der Waals surface area contributed by atoms with Crippen molar-refractivity contribution in [2.45, 2.75) is 38.9 Å². The summed E-state index contributed by atoms with van der Waals surface area (Å²) in [5.41, 5.74) is 0.734. The number of carboxylic acids is 1. The van der Waals surface area contributed by atoms with Crippen molar-refractivity contribution in [1.82, 2.24) is 0 Å². The first kappa shape index (κ1) is 15.6. The molecule has 0 bridgehead atoms. The molecule has 114 valence electrons. The highest BCUT2D eigenvalue weighted by Gasteiger charge is 2.34. The SMILES string of the molecule is CC(C)Oc1ccc(C(O)C2CC=CCC2C(=O)O)cc1. The second-order valence-corrected chi connectivity index (χ2v) is 5.73. The Bertz CT molecular complexity index is 504. The summed E-state index contributed by atoms with van der Waals surface area (Å²) >= 11 is 0. The van der Waals surface area contributed by atoms with Gasteiger partial charge in [-0.25, -0.2) is 0 Å². The number of aliphatic hydroxyl groups is 1. The second-order valence-electron chi connectivity index (χ2n) is 5.73. The predicted molar refractivity (Wildman–Crippen MR) is 80.2 cm³/mol. The summed E-state index contributed by atoms with van der Waals surface area (Å²) in [6.45, 7) is 3.91. The highest BCUT2D eigenvalue weighted by atomic mass is 16.5. The molecule has 0 aromatic heterocycles. The van der Waals surface area contributed by atoms with E-state index in [0.717, 1.165) is 11.3 Å². The van der Waals surface area contributed by atoms with Crippen LogP contribution in [0.15, 0.2) is 36.4 Å². The van der Waals surface area contributed by atoms with Crippen LogP contribution in [0.3, 0.4) is 0 Å². The first-order valence-corrected chi connectivity index (χ1v) is 7.31. The number of aliphatic carboxylic acids is 1. The number of ether oxygens (including phenoxy) is 1. The monoisotopic (exact) mass is 290 g/mol. The average molecular weight is 290 g/mol. The second kappa shape index (κ2) is 6.76. The maximum Gasteiger partial charge on any atom is 0.307 e. The average Bonchev–Trinajstić information content (AvgIpc) is 2.46. The zero-order valence-electron chi connectivity index (χ0n) is 12.4. The molecule has 0 aliphatic heterocycles. The van der Waals surface area contributed by atoms with Crippen LogP contribution in [0.25, 0.3) is 0 Å². The van der Waals surface area contributed by atoms with E-state index in [1.54, 1.807) is 12.1 Å². The number of aliphatic hydroxyl groups excluding tert-OH is 1. The Labute approximate surface area is 125 Å². The maximum atomic E-state index is 11.3. The zero-order chi connectivity index (χ0) is 15.4. The molecule has 21 heavy (non-hydrogen) atoms. The summed E-state index contributed by atoms with van der Waals surface area (Å²) in [6.07, 6.45) is 4.21. The Morgan fingerprint density at radius 2 is 1.81 bits per heavy atom. The Morgan fingerprint density at radius 1 is 1.19 bits per heavy atom. The quantitative estimate of drug-likeness (QED) is 0.817. The highest BCUT2D eigenvalue weighted by Crippen LogP contribution is 2.36. The number of carbonyl (C=O) groups is 1. The number of carboxylic acid groups (broad SMARTS) is 1. The van der Waals surface area contributed by atoms with Crippen LogP contribution in [0.1, 0.15) is 38.4 Å². The smallest absolute Gasteiger partial charge is 0.307 e. The van der Waals surface area contributed by atoms with E-state index in [1.165, 1.54) is 0 Å². The van der Waals surface area contributed by atoms with Gasteiger partial charge in [0.15, 0.2) is 0 Å². The summed E-state index contributed by atoms with van der Waals surface area (Å²) in [6, 6.07) is 7.24. The third-order valence-corrected chi connectivity index (χ3v) is 3.80. The molecule has 0 radical (unpaired) electrons. The lowest BCUT2D eigenvalue weighted by Gasteiger charge is -2.29. The third-order valence-electron chi connectivity index (χ3n) is 3.80. The third kappa shape index (κ3) is 3.85. The fraction of sp³-hybridized carbons (Fsp3) is 0.471. The lowest BCUT2D eigenvalue weighted by Crippen LogP contribution is -2.29. The highest BCUT2D eigenvalue weighted by molar-refractivity contribution is 5.71. The molecule has 0 spiro atoms. The van der Waals surface area contributed by atoms with Gasteiger partial charge in [0, 0.05) is 5.92 Å². The van der Waals surface area contributed by atoms with Crippen LogP contribution >= 0.6 is 0 Å². The summed E-state index contributed by atoms with van der Waals surface area (Å²) in [4.78, 5) is 11.3. The van der Waals surface area contributed by atoms with Crippen molar-refractivity contribution in [2.24, 2.45) is 11.8 Å². The van der Waals surface area contributed by atoms with E-state index in [4.69, 9.17) is 4.74 Å². The van der Waals surface area contributed by atoms with Crippen molar-refractivity contribution in [3.63, 3.8) is 0 Å². The zero-order valence-corrected chi connectivity index (χ0v) is 12.4. The van der Waals surface area contributed by atoms with Gasteiger partial charge in [-0.3, -0.25) is 4.79 Å². The van der Waals surface area contributed by atoms with Crippen LogP contribution in [0, 0.1) is 11.8 Å². The lowest BCUT2D eigenvalue weighted by molar-refractivity contribution is -0.145. The number of hydrogen-bond acceptors (Lipinski definition) is 3. The Morgan fingerprint density at radius 3 is 2.38 bits per heavy atom. The number of benzene rings is 1. The molecule has 4 nitrogen and oxygen atoms in total. The molecule has 2 N–H and O–H groups in total. The fourth-order valence-corrected chi connectivity index (χ4v) is 2.73. The van der Waals surface area contributed by atoms with E-state index in [2.05, 4.69) is 0 Å². The minimum absolute atomic E-state index is 0.0978. The molecule has 1 aromatic carbocycles. The van der Waals surface area contributed by atoms with Gasteiger partial charge in [0.1, 0.15) is 5.75 Å². The van der Waals surface area contributed by atoms with E-state index in [0.29, 0.717) is 12.8 Å². The van der Waals surface area contributed by atoms with Gasteiger partial charge in [0.05, 0.1) is 18.1 Å². The molecular weight excluding hydrogens is 268 g/mol. The molecule has 0 saturated carbocycles. The van der Waals surface area contributed by atoms with Gasteiger partial charge >= 0.3 is 5.97 Å². The molecule has 0 fully saturated rings. The van der Waals surface area contributed by atoms with Gasteiger partial charge in [-0.15, -0.1) is 0 Å². The van der Waals surface area contributed by atoms with Crippen molar-refractivity contribution in [1.29, 1.82) is 0 Å². The summed E-state index contributed by atoms with van der Waals surface area (Å²) in [5, 5.41) is 19.8. The van der Waals surface area contributed by atoms with Gasteiger partial charge in [-0.2, -0.15) is 0 Å². The molecule has 0 amide bonds. The van der Waals surface area contributed by atoms with Gasteiger partial charge in [0.25, 0.3) is 0 Å². The van der Waals surface area contributed by atoms with Crippen LogP contribution in [-0.4, -0.2) is 22.3 Å². The molecule has 3 unspecified atom stereocenters. The van der Waals surface area contributed by atoms with E-state index in [1.807, 2.05) is 38.1 Å². The Hall–Kier alpha value is -1.81. The van der Waals surface area contributed by atoms with Crippen LogP contribution in [0.2, 0.25) is 0 Å². The van der Waals surface area contributed by atoms with Crippen molar-refractivity contribution in [3.8, 4) is 5.75 Å². The van der Waals surface area contributed by atoms with E-state index >= 15 is 0 Å². The van der Waals surface area contributed by atoms with E-state index < -0.39 is 18.0 Å². The predicted octanol–water partition coefficient (Wildman–Crippen LogP) is 3.17.